The summed E-state index contributed by atoms with van der Waals surface area (Å²) in [5.74, 6) is -0.344. The van der Waals surface area contributed by atoms with E-state index in [0.717, 1.165) is 11.1 Å². The SMILES string of the molecule is O=C1CCC(N2Cc3cc(O)ccc3C2=S)C(=O)N1. The number of imide groups is 1. The third-order valence-electron chi connectivity index (χ3n) is 3.51. The van der Waals surface area contributed by atoms with Crippen molar-refractivity contribution in [3.63, 3.8) is 0 Å². The maximum Gasteiger partial charge on any atom is 0.249 e. The molecule has 1 fully saturated rings. The molecule has 1 atom stereocenters. The predicted octanol–water partition coefficient (Wildman–Crippen LogP) is 0.689. The number of thiocarbonyl (C=S) groups is 1. The molecule has 0 spiro atoms. The second-order valence-electron chi connectivity index (χ2n) is 4.74. The van der Waals surface area contributed by atoms with Crippen molar-refractivity contribution in [1.82, 2.24) is 10.2 Å². The molecule has 0 saturated carbocycles. The van der Waals surface area contributed by atoms with Crippen molar-refractivity contribution in [1.29, 1.82) is 0 Å². The first-order valence-electron chi connectivity index (χ1n) is 6.03. The van der Waals surface area contributed by atoms with Gasteiger partial charge in [0.05, 0.1) is 0 Å². The van der Waals surface area contributed by atoms with Gasteiger partial charge in [-0.3, -0.25) is 14.9 Å². The first-order valence-corrected chi connectivity index (χ1v) is 6.43. The summed E-state index contributed by atoms with van der Waals surface area (Å²) < 4.78 is 0. The molecule has 1 saturated heterocycles. The van der Waals surface area contributed by atoms with E-state index in [1.165, 1.54) is 0 Å². The highest BCUT2D eigenvalue weighted by Crippen LogP contribution is 2.30. The van der Waals surface area contributed by atoms with Crippen molar-refractivity contribution in [3.05, 3.63) is 29.3 Å². The van der Waals surface area contributed by atoms with E-state index in [1.54, 1.807) is 18.2 Å². The lowest BCUT2D eigenvalue weighted by molar-refractivity contribution is -0.136. The van der Waals surface area contributed by atoms with Crippen LogP contribution in [0.1, 0.15) is 24.0 Å². The molecule has 5 nitrogen and oxygen atoms in total. The van der Waals surface area contributed by atoms with Crippen LogP contribution in [0.3, 0.4) is 0 Å². The van der Waals surface area contributed by atoms with Gasteiger partial charge in [-0.15, -0.1) is 0 Å². The zero-order valence-corrected chi connectivity index (χ0v) is 10.9. The molecule has 0 aromatic heterocycles. The number of phenols is 1. The standard InChI is InChI=1S/C13H12N2O3S/c16-8-1-2-9-7(5-8)6-15(13(9)19)10-3-4-11(17)14-12(10)18/h1-2,5,10,16H,3-4,6H2,(H,14,17,18). The Bertz CT molecular complexity index is 600. The van der Waals surface area contributed by atoms with Gasteiger partial charge in [-0.1, -0.05) is 12.2 Å². The molecule has 3 rings (SSSR count). The molecular formula is C13H12N2O3S. The molecule has 98 valence electrons. The van der Waals surface area contributed by atoms with Gasteiger partial charge in [0.15, 0.2) is 0 Å². The van der Waals surface area contributed by atoms with E-state index in [0.29, 0.717) is 24.4 Å². The third-order valence-corrected chi connectivity index (χ3v) is 3.96. The maximum atomic E-state index is 11.9. The number of rotatable bonds is 1. The Morgan fingerprint density at radius 2 is 2.16 bits per heavy atom. The van der Waals surface area contributed by atoms with Crippen molar-refractivity contribution in [2.24, 2.45) is 0 Å². The molecule has 2 N–H and O–H groups in total. The quantitative estimate of drug-likeness (QED) is 0.583. The van der Waals surface area contributed by atoms with Crippen LogP contribution in [0.4, 0.5) is 0 Å². The van der Waals surface area contributed by atoms with E-state index in [1.807, 2.05) is 4.90 Å². The Kier molecular flexibility index (Phi) is 2.74. The fourth-order valence-corrected chi connectivity index (χ4v) is 2.95. The van der Waals surface area contributed by atoms with Gasteiger partial charge in [-0.2, -0.15) is 0 Å². The van der Waals surface area contributed by atoms with Gasteiger partial charge in [0.25, 0.3) is 0 Å². The number of piperidine rings is 1. The van der Waals surface area contributed by atoms with E-state index < -0.39 is 6.04 Å². The molecule has 2 aliphatic rings. The first kappa shape index (κ1) is 12.1. The summed E-state index contributed by atoms with van der Waals surface area (Å²) in [5.41, 5.74) is 1.78. The average Bonchev–Trinajstić information content (AvgIpc) is 2.66. The van der Waals surface area contributed by atoms with Crippen LogP contribution < -0.4 is 5.32 Å². The summed E-state index contributed by atoms with van der Waals surface area (Å²) >= 11 is 5.38. The number of nitrogens with one attached hydrogen (secondary N) is 1. The number of nitrogens with zero attached hydrogens (tertiary/aromatic N) is 1. The molecule has 0 aliphatic carbocycles. The lowest BCUT2D eigenvalue weighted by atomic mass is 10.0. The van der Waals surface area contributed by atoms with E-state index in [4.69, 9.17) is 12.2 Å². The topological polar surface area (TPSA) is 69.6 Å². The van der Waals surface area contributed by atoms with Crippen molar-refractivity contribution < 1.29 is 14.7 Å². The van der Waals surface area contributed by atoms with Gasteiger partial charge in [0.1, 0.15) is 16.8 Å². The lowest BCUT2D eigenvalue weighted by Crippen LogP contribution is -2.52. The highest BCUT2D eigenvalue weighted by atomic mass is 32.1. The third kappa shape index (κ3) is 1.98. The summed E-state index contributed by atoms with van der Waals surface area (Å²) in [6, 6.07) is 4.60. The van der Waals surface area contributed by atoms with Gasteiger partial charge in [0, 0.05) is 18.5 Å². The number of phenolic OH excluding ortho intramolecular Hbond substituents is 1. The minimum absolute atomic E-state index is 0.187. The summed E-state index contributed by atoms with van der Waals surface area (Å²) in [7, 11) is 0. The Morgan fingerprint density at radius 3 is 2.89 bits per heavy atom. The molecular weight excluding hydrogens is 264 g/mol. The first-order chi connectivity index (χ1) is 9.06. The highest BCUT2D eigenvalue weighted by molar-refractivity contribution is 7.80. The van der Waals surface area contributed by atoms with Crippen LogP contribution in [0, 0.1) is 0 Å². The molecule has 2 heterocycles. The summed E-state index contributed by atoms with van der Waals surface area (Å²) in [6.45, 7) is 0.495. The zero-order chi connectivity index (χ0) is 13.6. The number of hydrogen-bond donors (Lipinski definition) is 2. The molecule has 0 bridgehead atoms. The van der Waals surface area contributed by atoms with Crippen LogP contribution in [0.2, 0.25) is 0 Å². The smallest absolute Gasteiger partial charge is 0.249 e. The number of carbonyl (C=O) groups excluding carboxylic acids is 2. The van der Waals surface area contributed by atoms with Crippen molar-refractivity contribution >= 4 is 29.0 Å². The van der Waals surface area contributed by atoms with E-state index in [9.17, 15) is 14.7 Å². The second kappa shape index (κ2) is 4.31. The summed E-state index contributed by atoms with van der Waals surface area (Å²) in [4.78, 5) is 25.5. The van der Waals surface area contributed by atoms with Crippen LogP contribution >= 0.6 is 12.2 Å². The van der Waals surface area contributed by atoms with Gasteiger partial charge in [0.2, 0.25) is 11.8 Å². The lowest BCUT2D eigenvalue weighted by Gasteiger charge is -2.30. The van der Waals surface area contributed by atoms with Gasteiger partial charge >= 0.3 is 0 Å². The van der Waals surface area contributed by atoms with Crippen LogP contribution in [0.25, 0.3) is 0 Å². The number of fused-ring (bicyclic) bond motifs is 1. The largest absolute Gasteiger partial charge is 0.508 e. The number of aromatic hydroxyl groups is 1. The zero-order valence-electron chi connectivity index (χ0n) is 10.0. The summed E-state index contributed by atoms with van der Waals surface area (Å²) in [6.07, 6.45) is 0.807. The van der Waals surface area contributed by atoms with E-state index in [-0.39, 0.29) is 17.6 Å². The minimum atomic E-state index is -0.403. The Hall–Kier alpha value is -1.95. The van der Waals surface area contributed by atoms with Gasteiger partial charge < -0.3 is 10.0 Å². The Labute approximate surface area is 115 Å². The van der Waals surface area contributed by atoms with Crippen molar-refractivity contribution in [3.8, 4) is 5.75 Å². The molecule has 1 unspecified atom stereocenters. The molecule has 1 aromatic carbocycles. The van der Waals surface area contributed by atoms with Gasteiger partial charge in [-0.25, -0.2) is 0 Å². The fourth-order valence-electron chi connectivity index (χ4n) is 2.56. The second-order valence-corrected chi connectivity index (χ2v) is 5.13. The van der Waals surface area contributed by atoms with E-state index >= 15 is 0 Å². The molecule has 2 aliphatic heterocycles. The van der Waals surface area contributed by atoms with Gasteiger partial charge in [-0.05, 0) is 30.2 Å². The molecule has 1 aromatic rings. The van der Waals surface area contributed by atoms with E-state index in [2.05, 4.69) is 5.32 Å². The average molecular weight is 276 g/mol. The predicted molar refractivity (Wildman–Crippen MR) is 71.5 cm³/mol. The Balaban J connectivity index is 1.87. The van der Waals surface area contributed by atoms with Crippen molar-refractivity contribution in [2.75, 3.05) is 0 Å². The van der Waals surface area contributed by atoms with Crippen LogP contribution in [0.15, 0.2) is 18.2 Å². The Morgan fingerprint density at radius 1 is 1.37 bits per heavy atom. The number of amides is 2. The highest BCUT2D eigenvalue weighted by Gasteiger charge is 2.37. The normalized spacial score (nSPS) is 22.4. The molecule has 0 radical (unpaired) electrons. The van der Waals surface area contributed by atoms with Crippen LogP contribution in [-0.4, -0.2) is 32.9 Å². The molecule has 6 heteroatoms. The monoisotopic (exact) mass is 276 g/mol. The fraction of sp³-hybridized carbons (Fsp3) is 0.308. The maximum absolute atomic E-state index is 11.9. The minimum Gasteiger partial charge on any atom is -0.508 e. The molecule has 19 heavy (non-hydrogen) atoms. The number of benzene rings is 1. The number of carbonyl (C=O) groups is 2. The molecule has 2 amide bonds. The van der Waals surface area contributed by atoms with Crippen LogP contribution in [-0.2, 0) is 16.1 Å². The number of hydrogen-bond acceptors (Lipinski definition) is 4. The van der Waals surface area contributed by atoms with Crippen molar-refractivity contribution in [2.45, 2.75) is 25.4 Å². The van der Waals surface area contributed by atoms with Crippen LogP contribution in [0.5, 0.6) is 5.75 Å². The summed E-state index contributed by atoms with van der Waals surface area (Å²) in [5, 5.41) is 11.8.